The van der Waals surface area contributed by atoms with Gasteiger partial charge in [0.05, 0.1) is 0 Å². The van der Waals surface area contributed by atoms with E-state index in [0.29, 0.717) is 5.92 Å². The Morgan fingerprint density at radius 3 is 2.17 bits per heavy atom. The molecule has 0 atom stereocenters. The summed E-state index contributed by atoms with van der Waals surface area (Å²) in [5, 5.41) is 6.73. The average Bonchev–Trinajstić information content (AvgIpc) is 2.33. The van der Waals surface area contributed by atoms with Gasteiger partial charge >= 0.3 is 0 Å². The topological polar surface area (TPSA) is 49.8 Å². The monoisotopic (exact) mass is 250 g/mol. The van der Waals surface area contributed by atoms with E-state index in [0.717, 1.165) is 42.5 Å². The highest BCUT2D eigenvalue weighted by atomic mass is 15.1. The lowest BCUT2D eigenvalue weighted by molar-refractivity contribution is 0.767. The molecule has 102 valence electrons. The molecule has 0 aliphatic carbocycles. The molecule has 0 unspecified atom stereocenters. The van der Waals surface area contributed by atoms with Gasteiger partial charge in [-0.1, -0.05) is 27.2 Å². The summed E-state index contributed by atoms with van der Waals surface area (Å²) in [4.78, 5) is 9.21. The Kier molecular flexibility index (Phi) is 5.89. The van der Waals surface area contributed by atoms with Crippen molar-refractivity contribution in [2.75, 3.05) is 23.7 Å². The first-order valence-corrected chi connectivity index (χ1v) is 6.96. The van der Waals surface area contributed by atoms with Crippen molar-refractivity contribution >= 4 is 11.6 Å². The molecule has 1 aromatic rings. The minimum absolute atomic E-state index is 0.342. The van der Waals surface area contributed by atoms with Crippen molar-refractivity contribution in [3.05, 3.63) is 11.4 Å². The number of hydrogen-bond donors (Lipinski definition) is 2. The van der Waals surface area contributed by atoms with E-state index >= 15 is 0 Å². The van der Waals surface area contributed by atoms with Crippen LogP contribution in [-0.2, 0) is 0 Å². The van der Waals surface area contributed by atoms with Crippen molar-refractivity contribution in [2.45, 2.75) is 53.4 Å². The molecule has 0 aromatic carbocycles. The molecule has 4 nitrogen and oxygen atoms in total. The zero-order valence-electron chi connectivity index (χ0n) is 12.3. The summed E-state index contributed by atoms with van der Waals surface area (Å²) in [6.45, 7) is 12.4. The molecule has 0 amide bonds. The van der Waals surface area contributed by atoms with E-state index < -0.39 is 0 Å². The second kappa shape index (κ2) is 7.19. The Bertz CT molecular complexity index is 374. The van der Waals surface area contributed by atoms with Crippen LogP contribution in [-0.4, -0.2) is 23.1 Å². The third kappa shape index (κ3) is 3.86. The van der Waals surface area contributed by atoms with E-state index in [1.54, 1.807) is 0 Å². The number of rotatable bonds is 7. The van der Waals surface area contributed by atoms with Gasteiger partial charge in [-0.3, -0.25) is 0 Å². The Morgan fingerprint density at radius 2 is 1.67 bits per heavy atom. The first kappa shape index (κ1) is 14.7. The van der Waals surface area contributed by atoms with Crippen LogP contribution in [0.4, 0.5) is 11.6 Å². The zero-order valence-corrected chi connectivity index (χ0v) is 12.3. The summed E-state index contributed by atoms with van der Waals surface area (Å²) in [6, 6.07) is 0. The fraction of sp³-hybridized carbons (Fsp3) is 0.714. The molecule has 0 saturated heterocycles. The summed E-state index contributed by atoms with van der Waals surface area (Å²) < 4.78 is 0. The Hall–Kier alpha value is -1.32. The van der Waals surface area contributed by atoms with E-state index in [1.165, 1.54) is 6.42 Å². The minimum Gasteiger partial charge on any atom is -0.370 e. The standard InChI is InChI=1S/C14H26N4/c1-6-8-9-16-14-11(5)13(15-7-2)17-12(18-14)10(3)4/h10H,6-9H2,1-5H3,(H2,15,16,17,18). The number of nitrogens with one attached hydrogen (secondary N) is 2. The van der Waals surface area contributed by atoms with E-state index in [1.807, 2.05) is 0 Å². The van der Waals surface area contributed by atoms with Gasteiger partial charge in [0.1, 0.15) is 17.5 Å². The van der Waals surface area contributed by atoms with Gasteiger partial charge in [0.25, 0.3) is 0 Å². The minimum atomic E-state index is 0.342. The molecular weight excluding hydrogens is 224 g/mol. The maximum Gasteiger partial charge on any atom is 0.135 e. The van der Waals surface area contributed by atoms with E-state index in [9.17, 15) is 0 Å². The highest BCUT2D eigenvalue weighted by molar-refractivity contribution is 5.57. The Labute approximate surface area is 111 Å². The molecule has 2 N–H and O–H groups in total. The summed E-state index contributed by atoms with van der Waals surface area (Å²) >= 11 is 0. The highest BCUT2D eigenvalue weighted by Gasteiger charge is 2.12. The lowest BCUT2D eigenvalue weighted by Crippen LogP contribution is -2.12. The van der Waals surface area contributed by atoms with E-state index in [-0.39, 0.29) is 0 Å². The van der Waals surface area contributed by atoms with Crippen molar-refractivity contribution in [3.8, 4) is 0 Å². The maximum absolute atomic E-state index is 4.62. The number of anilines is 2. The summed E-state index contributed by atoms with van der Waals surface area (Å²) in [5.74, 6) is 3.17. The van der Waals surface area contributed by atoms with Crippen LogP contribution < -0.4 is 10.6 Å². The quantitative estimate of drug-likeness (QED) is 0.727. The average molecular weight is 250 g/mol. The van der Waals surface area contributed by atoms with Crippen LogP contribution in [0.15, 0.2) is 0 Å². The van der Waals surface area contributed by atoms with Crippen LogP contribution in [0.3, 0.4) is 0 Å². The Balaban J connectivity index is 2.98. The largest absolute Gasteiger partial charge is 0.370 e. The molecule has 1 rings (SSSR count). The normalized spacial score (nSPS) is 10.8. The van der Waals surface area contributed by atoms with Crippen molar-refractivity contribution < 1.29 is 0 Å². The predicted octanol–water partition coefficient (Wildman–Crippen LogP) is 3.55. The van der Waals surface area contributed by atoms with Crippen LogP contribution in [0.25, 0.3) is 0 Å². The first-order valence-electron chi connectivity index (χ1n) is 6.96. The highest BCUT2D eigenvalue weighted by Crippen LogP contribution is 2.23. The molecule has 1 heterocycles. The number of hydrogen-bond acceptors (Lipinski definition) is 4. The van der Waals surface area contributed by atoms with Gasteiger partial charge in [0, 0.05) is 24.6 Å². The summed E-state index contributed by atoms with van der Waals surface area (Å²) in [6.07, 6.45) is 2.35. The lowest BCUT2D eigenvalue weighted by atomic mass is 10.2. The molecule has 0 aliphatic rings. The van der Waals surface area contributed by atoms with Crippen LogP contribution in [0.5, 0.6) is 0 Å². The summed E-state index contributed by atoms with van der Waals surface area (Å²) in [5.41, 5.74) is 1.11. The second-order valence-electron chi connectivity index (χ2n) is 4.87. The number of aromatic nitrogens is 2. The van der Waals surface area contributed by atoms with Gasteiger partial charge in [0.2, 0.25) is 0 Å². The van der Waals surface area contributed by atoms with Crippen LogP contribution in [0, 0.1) is 6.92 Å². The lowest BCUT2D eigenvalue weighted by Gasteiger charge is -2.15. The van der Waals surface area contributed by atoms with E-state index in [4.69, 9.17) is 0 Å². The fourth-order valence-electron chi connectivity index (χ4n) is 1.69. The van der Waals surface area contributed by atoms with Crippen LogP contribution in [0.2, 0.25) is 0 Å². The SMILES string of the molecule is CCCCNc1nc(C(C)C)nc(NCC)c1C. The predicted molar refractivity (Wildman–Crippen MR) is 78.4 cm³/mol. The third-order valence-corrected chi connectivity index (χ3v) is 2.85. The van der Waals surface area contributed by atoms with Gasteiger partial charge in [-0.25, -0.2) is 9.97 Å². The molecule has 1 aromatic heterocycles. The second-order valence-corrected chi connectivity index (χ2v) is 4.87. The molecule has 0 spiro atoms. The van der Waals surface area contributed by atoms with Crippen LogP contribution >= 0.6 is 0 Å². The van der Waals surface area contributed by atoms with Crippen molar-refractivity contribution in [1.82, 2.24) is 9.97 Å². The summed E-state index contributed by atoms with van der Waals surface area (Å²) in [7, 11) is 0. The van der Waals surface area contributed by atoms with Gasteiger partial charge in [-0.05, 0) is 20.3 Å². The third-order valence-electron chi connectivity index (χ3n) is 2.85. The van der Waals surface area contributed by atoms with Crippen molar-refractivity contribution in [3.63, 3.8) is 0 Å². The van der Waals surface area contributed by atoms with Gasteiger partial charge in [-0.2, -0.15) is 0 Å². The van der Waals surface area contributed by atoms with Crippen LogP contribution in [0.1, 0.15) is 57.8 Å². The Morgan fingerprint density at radius 1 is 1.06 bits per heavy atom. The number of nitrogens with zero attached hydrogens (tertiary/aromatic N) is 2. The van der Waals surface area contributed by atoms with Crippen molar-refractivity contribution in [1.29, 1.82) is 0 Å². The molecular formula is C14H26N4. The molecule has 0 bridgehead atoms. The molecule has 0 fully saturated rings. The molecule has 4 heteroatoms. The van der Waals surface area contributed by atoms with Crippen molar-refractivity contribution in [2.24, 2.45) is 0 Å². The first-order chi connectivity index (χ1) is 8.60. The zero-order chi connectivity index (χ0) is 13.5. The van der Waals surface area contributed by atoms with Gasteiger partial charge in [0.15, 0.2) is 0 Å². The molecule has 18 heavy (non-hydrogen) atoms. The van der Waals surface area contributed by atoms with Gasteiger partial charge < -0.3 is 10.6 Å². The number of unbranched alkanes of at least 4 members (excludes halogenated alkanes) is 1. The molecule has 0 radical (unpaired) electrons. The maximum atomic E-state index is 4.62. The smallest absolute Gasteiger partial charge is 0.135 e. The fourth-order valence-corrected chi connectivity index (χ4v) is 1.69. The molecule has 0 aliphatic heterocycles. The van der Waals surface area contributed by atoms with Gasteiger partial charge in [-0.15, -0.1) is 0 Å². The molecule has 0 saturated carbocycles. The van der Waals surface area contributed by atoms with E-state index in [2.05, 4.69) is 55.2 Å².